The zero-order valence-electron chi connectivity index (χ0n) is 18.8. The number of fused-ring (bicyclic) bond motifs is 3. The van der Waals surface area contributed by atoms with E-state index in [0.717, 1.165) is 42.8 Å². The van der Waals surface area contributed by atoms with Crippen LogP contribution < -0.4 is 5.73 Å². The van der Waals surface area contributed by atoms with Crippen LogP contribution in [0.25, 0.3) is 11.0 Å². The summed E-state index contributed by atoms with van der Waals surface area (Å²) in [6, 6.07) is 17.3. The highest BCUT2D eigenvalue weighted by atomic mass is 16.5. The van der Waals surface area contributed by atoms with E-state index in [0.29, 0.717) is 19.8 Å². The summed E-state index contributed by atoms with van der Waals surface area (Å²) in [6.07, 6.45) is 5.30. The summed E-state index contributed by atoms with van der Waals surface area (Å²) in [4.78, 5) is 15.8. The lowest BCUT2D eigenvalue weighted by Gasteiger charge is -2.34. The minimum atomic E-state index is 0.258. The van der Waals surface area contributed by atoms with E-state index in [9.17, 15) is 0 Å². The second-order valence-electron chi connectivity index (χ2n) is 9.15. The smallest absolute Gasteiger partial charge is 0.121 e. The first kappa shape index (κ1) is 20.5. The minimum Gasteiger partial charge on any atom is -0.372 e. The van der Waals surface area contributed by atoms with Crippen LogP contribution in [0.1, 0.15) is 58.2 Å². The number of hydrogen-bond donors (Lipinski definition) is 2. The zero-order valence-corrected chi connectivity index (χ0v) is 18.8. The van der Waals surface area contributed by atoms with Crippen molar-refractivity contribution in [1.29, 1.82) is 0 Å². The van der Waals surface area contributed by atoms with Crippen molar-refractivity contribution >= 4 is 11.0 Å². The van der Waals surface area contributed by atoms with E-state index in [-0.39, 0.29) is 6.04 Å². The maximum Gasteiger partial charge on any atom is 0.121 e. The predicted octanol–water partition coefficient (Wildman–Crippen LogP) is 4.53. The van der Waals surface area contributed by atoms with E-state index in [1.165, 1.54) is 39.9 Å². The molecule has 3 heterocycles. The second kappa shape index (κ2) is 8.71. The van der Waals surface area contributed by atoms with E-state index in [1.54, 1.807) is 0 Å². The molecule has 1 atom stereocenters. The summed E-state index contributed by atoms with van der Waals surface area (Å²) in [5, 5.41) is 0. The molecule has 6 nitrogen and oxygen atoms in total. The van der Waals surface area contributed by atoms with Crippen LogP contribution in [-0.2, 0) is 44.0 Å². The number of pyridine rings is 1. The minimum absolute atomic E-state index is 0.258. The number of aryl methyl sites for hydroxylation is 1. The standard InChI is InChI=1S/C27H29N5O/c28-13-20-11-18(12-21-16-33-17-22(20)21)14-32(15-26-30-23-7-1-2-8-24(23)31-26)25-9-3-5-19-6-4-10-29-27(19)25/h1-2,4,6-8,10-12,25H,3,5,9,13-17,28H2,(H,30,31). The Balaban J connectivity index is 1.38. The molecule has 0 amide bonds. The van der Waals surface area contributed by atoms with Gasteiger partial charge in [-0.25, -0.2) is 4.98 Å². The molecular weight excluding hydrogens is 410 g/mol. The van der Waals surface area contributed by atoms with Gasteiger partial charge in [0.15, 0.2) is 0 Å². The topological polar surface area (TPSA) is 80.1 Å². The van der Waals surface area contributed by atoms with Crippen molar-refractivity contribution in [3.8, 4) is 0 Å². The zero-order chi connectivity index (χ0) is 22.2. The van der Waals surface area contributed by atoms with Gasteiger partial charge in [0.25, 0.3) is 0 Å². The van der Waals surface area contributed by atoms with Crippen molar-refractivity contribution in [2.45, 2.75) is 58.2 Å². The van der Waals surface area contributed by atoms with Gasteiger partial charge in [-0.15, -0.1) is 0 Å². The summed E-state index contributed by atoms with van der Waals surface area (Å²) >= 11 is 0. The monoisotopic (exact) mass is 439 g/mol. The van der Waals surface area contributed by atoms with Gasteiger partial charge in [-0.3, -0.25) is 9.88 Å². The van der Waals surface area contributed by atoms with Crippen LogP contribution >= 0.6 is 0 Å². The molecule has 0 spiro atoms. The van der Waals surface area contributed by atoms with Gasteiger partial charge in [-0.1, -0.05) is 30.3 Å². The number of imidazole rings is 1. The Bertz CT molecular complexity index is 1260. The van der Waals surface area contributed by atoms with Crippen LogP contribution in [-0.4, -0.2) is 19.9 Å². The van der Waals surface area contributed by atoms with Gasteiger partial charge in [0.2, 0.25) is 0 Å². The van der Waals surface area contributed by atoms with Gasteiger partial charge in [0.1, 0.15) is 5.82 Å². The van der Waals surface area contributed by atoms with Crippen molar-refractivity contribution in [2.24, 2.45) is 5.73 Å². The number of nitrogens with one attached hydrogen (secondary N) is 1. The highest BCUT2D eigenvalue weighted by Crippen LogP contribution is 2.35. The van der Waals surface area contributed by atoms with Gasteiger partial charge >= 0.3 is 0 Å². The number of aromatic nitrogens is 3. The van der Waals surface area contributed by atoms with Crippen molar-refractivity contribution in [3.05, 3.63) is 94.1 Å². The molecule has 0 saturated heterocycles. The van der Waals surface area contributed by atoms with Crippen molar-refractivity contribution in [3.63, 3.8) is 0 Å². The first-order valence-corrected chi connectivity index (χ1v) is 11.8. The number of aromatic amines is 1. The van der Waals surface area contributed by atoms with Crippen molar-refractivity contribution in [2.75, 3.05) is 0 Å². The third-order valence-corrected chi connectivity index (χ3v) is 7.00. The van der Waals surface area contributed by atoms with Crippen LogP contribution in [0.15, 0.2) is 54.7 Å². The number of nitrogens with zero attached hydrogens (tertiary/aromatic N) is 3. The molecule has 0 radical (unpaired) electrons. The normalized spacial score (nSPS) is 17.5. The average molecular weight is 440 g/mol. The highest BCUT2D eigenvalue weighted by Gasteiger charge is 2.28. The molecule has 1 unspecified atom stereocenters. The van der Waals surface area contributed by atoms with Crippen LogP contribution in [0.4, 0.5) is 0 Å². The predicted molar refractivity (Wildman–Crippen MR) is 128 cm³/mol. The Morgan fingerprint density at radius 1 is 1.06 bits per heavy atom. The summed E-state index contributed by atoms with van der Waals surface area (Å²) in [5.74, 6) is 0.989. The fourth-order valence-corrected chi connectivity index (χ4v) is 5.44. The lowest BCUT2D eigenvalue weighted by molar-refractivity contribution is 0.134. The number of H-pyrrole nitrogens is 1. The summed E-state index contributed by atoms with van der Waals surface area (Å²) in [5.41, 5.74) is 15.8. The lowest BCUT2D eigenvalue weighted by Crippen LogP contribution is -2.32. The van der Waals surface area contributed by atoms with E-state index >= 15 is 0 Å². The largest absolute Gasteiger partial charge is 0.372 e. The molecule has 6 rings (SSSR count). The van der Waals surface area contributed by atoms with Crippen molar-refractivity contribution in [1.82, 2.24) is 19.9 Å². The first-order valence-electron chi connectivity index (χ1n) is 11.8. The van der Waals surface area contributed by atoms with Crippen LogP contribution in [0, 0.1) is 0 Å². The Morgan fingerprint density at radius 2 is 2.00 bits per heavy atom. The molecule has 33 heavy (non-hydrogen) atoms. The van der Waals surface area contributed by atoms with E-state index in [4.69, 9.17) is 20.4 Å². The molecule has 0 fully saturated rings. The van der Waals surface area contributed by atoms with Crippen molar-refractivity contribution < 1.29 is 4.74 Å². The molecule has 6 heteroatoms. The molecular formula is C27H29N5O. The Hall–Kier alpha value is -3.06. The van der Waals surface area contributed by atoms with E-state index in [1.807, 2.05) is 18.3 Å². The third-order valence-electron chi connectivity index (χ3n) is 7.00. The number of hydrogen-bond acceptors (Lipinski definition) is 5. The molecule has 3 N–H and O–H groups in total. The first-order chi connectivity index (χ1) is 16.3. The Labute approximate surface area is 193 Å². The number of nitrogens with two attached hydrogens (primary N) is 1. The molecule has 168 valence electrons. The second-order valence-corrected chi connectivity index (χ2v) is 9.15. The van der Waals surface area contributed by atoms with Gasteiger partial charge in [-0.2, -0.15) is 0 Å². The van der Waals surface area contributed by atoms with Crippen LogP contribution in [0.3, 0.4) is 0 Å². The molecule has 2 aromatic heterocycles. The fourth-order valence-electron chi connectivity index (χ4n) is 5.44. The van der Waals surface area contributed by atoms with Gasteiger partial charge in [0.05, 0.1) is 42.5 Å². The molecule has 2 aliphatic rings. The van der Waals surface area contributed by atoms with E-state index in [2.05, 4.69) is 46.3 Å². The maximum atomic E-state index is 6.10. The summed E-state index contributed by atoms with van der Waals surface area (Å²) < 4.78 is 5.72. The molecule has 0 bridgehead atoms. The number of para-hydroxylation sites is 2. The molecule has 0 saturated carbocycles. The molecule has 2 aromatic carbocycles. The molecule has 1 aliphatic heterocycles. The fraction of sp³-hybridized carbons (Fsp3) is 0.333. The Morgan fingerprint density at radius 3 is 2.91 bits per heavy atom. The van der Waals surface area contributed by atoms with Gasteiger partial charge in [0, 0.05) is 19.3 Å². The average Bonchev–Trinajstić information content (AvgIpc) is 3.49. The quantitative estimate of drug-likeness (QED) is 0.462. The molecule has 1 aliphatic carbocycles. The number of benzene rings is 2. The highest BCUT2D eigenvalue weighted by molar-refractivity contribution is 5.74. The number of ether oxygens (including phenoxy) is 1. The van der Waals surface area contributed by atoms with Gasteiger partial charge in [-0.05, 0) is 65.3 Å². The van der Waals surface area contributed by atoms with Gasteiger partial charge < -0.3 is 15.5 Å². The lowest BCUT2D eigenvalue weighted by atomic mass is 9.90. The maximum absolute atomic E-state index is 6.10. The third kappa shape index (κ3) is 3.95. The molecule has 4 aromatic rings. The van der Waals surface area contributed by atoms with Crippen LogP contribution in [0.2, 0.25) is 0 Å². The van der Waals surface area contributed by atoms with Crippen LogP contribution in [0.5, 0.6) is 0 Å². The van der Waals surface area contributed by atoms with E-state index < -0.39 is 0 Å². The summed E-state index contributed by atoms with van der Waals surface area (Å²) in [6.45, 7) is 3.44. The SMILES string of the molecule is NCc1cc(CN(Cc2nc3ccccc3[nH]2)C2CCCc3cccnc32)cc2c1COC2. The number of rotatable bonds is 6. The Kier molecular flexibility index (Phi) is 5.42. The summed E-state index contributed by atoms with van der Waals surface area (Å²) in [7, 11) is 0.